The van der Waals surface area contributed by atoms with Crippen LogP contribution in [-0.2, 0) is 26.2 Å². The van der Waals surface area contributed by atoms with Crippen molar-refractivity contribution in [1.82, 2.24) is 0 Å². The fraction of sp³-hybridized carbons (Fsp3) is 0.100. The van der Waals surface area contributed by atoms with Crippen LogP contribution in [0, 0.1) is 88.9 Å². The van der Waals surface area contributed by atoms with Crippen molar-refractivity contribution in [2.75, 3.05) is 0 Å². The van der Waals surface area contributed by atoms with Crippen LogP contribution in [0.1, 0.15) is 13.8 Å². The molecule has 0 N–H and O–H groups in total. The standard InChI is InChI=1S/4C5H5.Zr/c2*1-2-4-5-3-1;2*1-4-5(2)3;/h2*1-5H;2*2H2,3H3;/q;;2*-1;+2. The van der Waals surface area contributed by atoms with E-state index in [1.54, 1.807) is 13.8 Å². The quantitative estimate of drug-likeness (QED) is 0.450. The van der Waals surface area contributed by atoms with Crippen LogP contribution in [0.15, 0.2) is 24.3 Å². The average molecular weight is 352 g/mol. The Balaban J connectivity index is -0.000000202. The van der Waals surface area contributed by atoms with Crippen molar-refractivity contribution in [1.29, 1.82) is 0 Å². The van der Waals surface area contributed by atoms with E-state index in [4.69, 9.17) is 12.8 Å². The molecule has 21 heavy (non-hydrogen) atoms. The van der Waals surface area contributed by atoms with Gasteiger partial charge >= 0.3 is 26.2 Å². The monoisotopic (exact) mass is 350 g/mol. The molecule has 0 atom stereocenters. The van der Waals surface area contributed by atoms with Gasteiger partial charge in [-0.3, -0.25) is 11.8 Å². The summed E-state index contributed by atoms with van der Waals surface area (Å²) < 4.78 is 0. The summed E-state index contributed by atoms with van der Waals surface area (Å²) in [4.78, 5) is 0. The predicted molar refractivity (Wildman–Crippen MR) is 86.9 cm³/mol. The van der Waals surface area contributed by atoms with Crippen LogP contribution in [-0.4, -0.2) is 0 Å². The second-order valence-corrected chi connectivity index (χ2v) is 3.74. The molecule has 0 saturated heterocycles. The molecular weight excluding hydrogens is 331 g/mol. The number of rotatable bonds is 0. The van der Waals surface area contributed by atoms with Gasteiger partial charge in [0.15, 0.2) is 0 Å². The second-order valence-electron chi connectivity index (χ2n) is 3.74. The molecule has 2 aliphatic rings. The third-order valence-corrected chi connectivity index (χ3v) is 1.54. The molecule has 0 aliphatic heterocycles. The van der Waals surface area contributed by atoms with E-state index >= 15 is 0 Å². The zero-order valence-corrected chi connectivity index (χ0v) is 15.1. The van der Waals surface area contributed by atoms with Crippen LogP contribution in [0.25, 0.3) is 0 Å². The van der Waals surface area contributed by atoms with Crippen molar-refractivity contribution in [3.05, 3.63) is 101 Å². The molecular formula is C20H20Zr. The first-order valence-electron chi connectivity index (χ1n) is 6.04. The molecule has 1 heteroatoms. The fourth-order valence-electron chi connectivity index (χ4n) is 0.642. The Morgan fingerprint density at radius 3 is 0.762 bits per heavy atom. The van der Waals surface area contributed by atoms with Gasteiger partial charge < -0.3 is 12.8 Å². The summed E-state index contributed by atoms with van der Waals surface area (Å²) in [6, 6.07) is 0. The molecule has 10 radical (unpaired) electrons. The molecule has 0 nitrogen and oxygen atoms in total. The summed E-state index contributed by atoms with van der Waals surface area (Å²) in [6.45, 7) is 10.2. The summed E-state index contributed by atoms with van der Waals surface area (Å²) in [5, 5.41) is 0. The zero-order chi connectivity index (χ0) is 15.6. The molecule has 2 saturated carbocycles. The van der Waals surface area contributed by atoms with Gasteiger partial charge in [-0.2, -0.15) is 24.3 Å². The van der Waals surface area contributed by atoms with Crippen molar-refractivity contribution in [2.24, 2.45) is 0 Å². The zero-order valence-electron chi connectivity index (χ0n) is 12.7. The van der Waals surface area contributed by atoms with Gasteiger partial charge in [0.1, 0.15) is 0 Å². The second kappa shape index (κ2) is 21.8. The number of hydrogen-bond donors (Lipinski definition) is 0. The van der Waals surface area contributed by atoms with Crippen molar-refractivity contribution in [3.8, 4) is 11.8 Å². The molecule has 0 unspecified atom stereocenters. The molecule has 0 aromatic heterocycles. The molecule has 2 fully saturated rings. The number of hydrogen-bond acceptors (Lipinski definition) is 0. The van der Waals surface area contributed by atoms with Crippen LogP contribution in [0.3, 0.4) is 0 Å². The molecule has 2 aliphatic carbocycles. The fourth-order valence-corrected chi connectivity index (χ4v) is 0.642. The predicted octanol–water partition coefficient (Wildman–Crippen LogP) is 4.34. The molecule has 0 heterocycles. The number of allylic oxidation sites excluding steroid dienone is 2. The molecule has 2 rings (SSSR count). The first-order chi connectivity index (χ1) is 9.54. The molecule has 104 valence electrons. The maximum Gasteiger partial charge on any atom is 2.00 e. The van der Waals surface area contributed by atoms with Crippen LogP contribution >= 0.6 is 0 Å². The summed E-state index contributed by atoms with van der Waals surface area (Å²) in [5.74, 6) is 4.17. The van der Waals surface area contributed by atoms with E-state index in [2.05, 4.69) is 25.0 Å². The van der Waals surface area contributed by atoms with Gasteiger partial charge in [-0.15, -0.1) is 13.8 Å². The molecule has 0 aromatic carbocycles. The van der Waals surface area contributed by atoms with Gasteiger partial charge in [-0.1, -0.05) is 0 Å². The Labute approximate surface area is 153 Å². The Kier molecular flexibility index (Phi) is 26.4. The maximum absolute atomic E-state index is 6.31. The third kappa shape index (κ3) is 32.8. The Bertz CT molecular complexity index is 268. The minimum Gasteiger partial charge on any atom is -0.366 e. The molecule has 0 amide bonds. The molecule has 0 bridgehead atoms. The van der Waals surface area contributed by atoms with Gasteiger partial charge in [0, 0.05) is 0 Å². The van der Waals surface area contributed by atoms with Crippen molar-refractivity contribution in [2.45, 2.75) is 13.8 Å². The van der Waals surface area contributed by atoms with Crippen molar-refractivity contribution in [3.63, 3.8) is 0 Å². The van der Waals surface area contributed by atoms with E-state index in [1.807, 2.05) is 64.2 Å². The van der Waals surface area contributed by atoms with E-state index in [1.165, 1.54) is 0 Å². The molecule has 0 aromatic rings. The average Bonchev–Trinajstić information content (AvgIpc) is 3.16. The van der Waals surface area contributed by atoms with E-state index in [-0.39, 0.29) is 26.2 Å². The SMILES string of the molecule is [C-]#CC(=C)C.[C-]#CC(=C)C.[CH]1[CH][CH][CH][CH]1.[CH]1[CH][CH][CH][CH]1.[Zr+2]. The maximum atomic E-state index is 6.31. The first kappa shape index (κ1) is 25.4. The van der Waals surface area contributed by atoms with E-state index in [0.29, 0.717) is 11.1 Å². The van der Waals surface area contributed by atoms with E-state index < -0.39 is 0 Å². The Hall–Kier alpha value is -0.517. The smallest absolute Gasteiger partial charge is 0.366 e. The van der Waals surface area contributed by atoms with Gasteiger partial charge in [-0.05, 0) is 64.2 Å². The van der Waals surface area contributed by atoms with Gasteiger partial charge in [0.05, 0.1) is 0 Å². The summed E-state index contributed by atoms with van der Waals surface area (Å²) in [6.07, 6.45) is 32.6. The normalized spacial score (nSPS) is 14.1. The van der Waals surface area contributed by atoms with Crippen molar-refractivity contribution >= 4 is 0 Å². The van der Waals surface area contributed by atoms with Gasteiger partial charge in [-0.25, -0.2) is 0 Å². The first-order valence-corrected chi connectivity index (χ1v) is 6.04. The Morgan fingerprint density at radius 2 is 0.714 bits per heavy atom. The minimum atomic E-state index is 0. The topological polar surface area (TPSA) is 0 Å². The van der Waals surface area contributed by atoms with Crippen LogP contribution in [0.2, 0.25) is 0 Å². The summed E-state index contributed by atoms with van der Waals surface area (Å²) in [5.41, 5.74) is 1.34. The largest absolute Gasteiger partial charge is 2.00 e. The summed E-state index contributed by atoms with van der Waals surface area (Å²) in [7, 11) is 0. The van der Waals surface area contributed by atoms with Crippen molar-refractivity contribution < 1.29 is 26.2 Å². The Morgan fingerprint density at radius 1 is 0.619 bits per heavy atom. The van der Waals surface area contributed by atoms with Crippen LogP contribution in [0.4, 0.5) is 0 Å². The van der Waals surface area contributed by atoms with Crippen LogP contribution < -0.4 is 0 Å². The third-order valence-electron chi connectivity index (χ3n) is 1.54. The van der Waals surface area contributed by atoms with Gasteiger partial charge in [0.25, 0.3) is 0 Å². The minimum absolute atomic E-state index is 0. The van der Waals surface area contributed by atoms with E-state index in [0.717, 1.165) is 0 Å². The van der Waals surface area contributed by atoms with E-state index in [9.17, 15) is 0 Å². The summed E-state index contributed by atoms with van der Waals surface area (Å²) >= 11 is 0. The van der Waals surface area contributed by atoms with Gasteiger partial charge in [0.2, 0.25) is 0 Å². The molecule has 0 spiro atoms. The van der Waals surface area contributed by atoms with Crippen LogP contribution in [0.5, 0.6) is 0 Å².